The Hall–Kier alpha value is -1.15. The summed E-state index contributed by atoms with van der Waals surface area (Å²) in [6, 6.07) is 4.02. The molecule has 23 heavy (non-hydrogen) atoms. The number of nitrogens with zero attached hydrogens (tertiary/aromatic N) is 2. The number of thiophene rings is 1. The predicted octanol–water partition coefficient (Wildman–Crippen LogP) is 3.94. The first-order valence-corrected chi connectivity index (χ1v) is 9.23. The summed E-state index contributed by atoms with van der Waals surface area (Å²) in [5.74, 6) is 1.11. The summed E-state index contributed by atoms with van der Waals surface area (Å²) >= 11 is 3.17. The van der Waals surface area contributed by atoms with Crippen molar-refractivity contribution in [3.05, 3.63) is 23.0 Å². The molecule has 5 nitrogen and oxygen atoms in total. The first-order chi connectivity index (χ1) is 10.8. The summed E-state index contributed by atoms with van der Waals surface area (Å²) in [7, 11) is 0. The Labute approximate surface area is 149 Å². The van der Waals surface area contributed by atoms with Gasteiger partial charge in [0.15, 0.2) is 5.82 Å². The number of carbonyl (C=O) groups is 1. The number of amides is 1. The molecule has 5 heterocycles. The van der Waals surface area contributed by atoms with Crippen molar-refractivity contribution in [2.75, 3.05) is 25.0 Å². The quantitative estimate of drug-likeness (QED) is 0.887. The van der Waals surface area contributed by atoms with Gasteiger partial charge in [0.05, 0.1) is 10.4 Å². The third-order valence-electron chi connectivity index (χ3n) is 4.39. The fourth-order valence-corrected chi connectivity index (χ4v) is 4.84. The van der Waals surface area contributed by atoms with Crippen molar-refractivity contribution in [2.45, 2.75) is 18.9 Å². The Morgan fingerprint density at radius 1 is 1.35 bits per heavy atom. The summed E-state index contributed by atoms with van der Waals surface area (Å²) < 4.78 is 5.65. The van der Waals surface area contributed by atoms with Crippen molar-refractivity contribution in [2.24, 2.45) is 5.92 Å². The number of ether oxygens (including phenoxy) is 1. The minimum absolute atomic E-state index is 0. The number of piperidine rings is 3. The van der Waals surface area contributed by atoms with Gasteiger partial charge in [-0.3, -0.25) is 10.2 Å². The summed E-state index contributed by atoms with van der Waals surface area (Å²) in [6.07, 6.45) is 1.90. The van der Waals surface area contributed by atoms with Crippen LogP contribution in [-0.2, 0) is 4.74 Å². The highest BCUT2D eigenvalue weighted by Crippen LogP contribution is 2.35. The van der Waals surface area contributed by atoms with Gasteiger partial charge < -0.3 is 4.74 Å². The Balaban J connectivity index is 0.00000156. The molecule has 0 saturated carbocycles. The predicted molar refractivity (Wildman–Crippen MR) is 95.7 cm³/mol. The SMILES string of the molecule is Cl.O=C(Nc1ncsc1-c1cccs1)O[C@H]1CN2CCC1CC2. The fourth-order valence-electron chi connectivity index (χ4n) is 3.23. The van der Waals surface area contributed by atoms with Gasteiger partial charge in [-0.2, -0.15) is 0 Å². The number of carbonyl (C=O) groups excluding carboxylic acids is 1. The highest BCUT2D eigenvalue weighted by molar-refractivity contribution is 7.20. The Bertz CT molecular complexity index is 653. The van der Waals surface area contributed by atoms with Gasteiger partial charge in [0.2, 0.25) is 0 Å². The van der Waals surface area contributed by atoms with Gasteiger partial charge in [0.1, 0.15) is 6.10 Å². The van der Waals surface area contributed by atoms with Gasteiger partial charge in [-0.15, -0.1) is 35.1 Å². The number of aromatic nitrogens is 1. The van der Waals surface area contributed by atoms with E-state index >= 15 is 0 Å². The third kappa shape index (κ3) is 3.52. The number of fused-ring (bicyclic) bond motifs is 3. The van der Waals surface area contributed by atoms with Gasteiger partial charge >= 0.3 is 6.09 Å². The molecular formula is C15H18ClN3O2S2. The molecule has 0 spiro atoms. The second kappa shape index (κ2) is 7.17. The first-order valence-electron chi connectivity index (χ1n) is 7.47. The molecule has 5 rings (SSSR count). The normalized spacial score (nSPS) is 25.7. The van der Waals surface area contributed by atoms with Crippen molar-refractivity contribution in [1.82, 2.24) is 9.88 Å². The topological polar surface area (TPSA) is 54.5 Å². The lowest BCUT2D eigenvalue weighted by Crippen LogP contribution is -2.52. The van der Waals surface area contributed by atoms with Crippen LogP contribution in [-0.4, -0.2) is 41.7 Å². The second-order valence-electron chi connectivity index (χ2n) is 5.71. The number of hydrogen-bond donors (Lipinski definition) is 1. The zero-order chi connectivity index (χ0) is 14.9. The molecule has 2 aromatic rings. The minimum atomic E-state index is -0.387. The number of halogens is 1. The van der Waals surface area contributed by atoms with E-state index in [1.165, 1.54) is 11.3 Å². The van der Waals surface area contributed by atoms with Crippen LogP contribution in [0.3, 0.4) is 0 Å². The van der Waals surface area contributed by atoms with Crippen LogP contribution in [0.5, 0.6) is 0 Å². The van der Waals surface area contributed by atoms with E-state index in [4.69, 9.17) is 4.74 Å². The van der Waals surface area contributed by atoms with Gasteiger partial charge in [-0.1, -0.05) is 6.07 Å². The van der Waals surface area contributed by atoms with Gasteiger partial charge in [0, 0.05) is 11.4 Å². The monoisotopic (exact) mass is 371 g/mol. The van der Waals surface area contributed by atoms with Crippen molar-refractivity contribution in [3.8, 4) is 9.75 Å². The van der Waals surface area contributed by atoms with E-state index < -0.39 is 0 Å². The lowest BCUT2D eigenvalue weighted by Gasteiger charge is -2.43. The van der Waals surface area contributed by atoms with E-state index in [1.807, 2.05) is 17.5 Å². The van der Waals surface area contributed by atoms with Crippen molar-refractivity contribution >= 4 is 47.0 Å². The van der Waals surface area contributed by atoms with E-state index in [0.29, 0.717) is 11.7 Å². The molecule has 3 saturated heterocycles. The Kier molecular flexibility index (Phi) is 5.21. The molecule has 1 N–H and O–H groups in total. The van der Waals surface area contributed by atoms with Crippen molar-refractivity contribution < 1.29 is 9.53 Å². The van der Waals surface area contributed by atoms with Crippen LogP contribution in [0.15, 0.2) is 23.0 Å². The molecule has 124 valence electrons. The lowest BCUT2D eigenvalue weighted by atomic mass is 9.86. The highest BCUT2D eigenvalue weighted by atomic mass is 35.5. The molecule has 0 aromatic carbocycles. The fraction of sp³-hybridized carbons (Fsp3) is 0.467. The summed E-state index contributed by atoms with van der Waals surface area (Å²) in [4.78, 5) is 20.9. The standard InChI is InChI=1S/C15H17N3O2S2.ClH/c19-15(20-11-8-18-5-3-10(11)4-6-18)17-14-13(22-9-16-14)12-2-1-7-21-12;/h1-2,7,9-11H,3-6,8H2,(H,17,19);1H/t11-;/m0./s1. The van der Waals surface area contributed by atoms with Gasteiger partial charge in [-0.25, -0.2) is 9.78 Å². The highest BCUT2D eigenvalue weighted by Gasteiger charge is 2.36. The maximum absolute atomic E-state index is 12.2. The molecule has 3 fully saturated rings. The van der Waals surface area contributed by atoms with Crippen LogP contribution in [0.4, 0.5) is 10.6 Å². The lowest BCUT2D eigenvalue weighted by molar-refractivity contribution is -0.0290. The van der Waals surface area contributed by atoms with E-state index in [9.17, 15) is 4.79 Å². The number of anilines is 1. The van der Waals surface area contributed by atoms with E-state index in [2.05, 4.69) is 15.2 Å². The molecule has 1 amide bonds. The van der Waals surface area contributed by atoms with Crippen molar-refractivity contribution in [1.29, 1.82) is 0 Å². The molecule has 3 aliphatic rings. The van der Waals surface area contributed by atoms with Crippen LogP contribution in [0.2, 0.25) is 0 Å². The van der Waals surface area contributed by atoms with E-state index in [1.54, 1.807) is 16.8 Å². The zero-order valence-electron chi connectivity index (χ0n) is 12.4. The second-order valence-corrected chi connectivity index (χ2v) is 7.52. The summed E-state index contributed by atoms with van der Waals surface area (Å²) in [5, 5.41) is 4.83. The molecule has 2 bridgehead atoms. The van der Waals surface area contributed by atoms with Crippen LogP contribution < -0.4 is 5.32 Å². The molecule has 0 aliphatic carbocycles. The maximum Gasteiger partial charge on any atom is 0.413 e. The maximum atomic E-state index is 12.2. The molecule has 8 heteroatoms. The van der Waals surface area contributed by atoms with E-state index in [0.717, 1.165) is 42.2 Å². The smallest absolute Gasteiger partial charge is 0.413 e. The minimum Gasteiger partial charge on any atom is -0.444 e. The number of rotatable bonds is 3. The number of thiazole rings is 1. The van der Waals surface area contributed by atoms with Crippen LogP contribution in [0.25, 0.3) is 9.75 Å². The Morgan fingerprint density at radius 2 is 2.17 bits per heavy atom. The van der Waals surface area contributed by atoms with Crippen molar-refractivity contribution in [3.63, 3.8) is 0 Å². The summed E-state index contributed by atoms with van der Waals surface area (Å²) in [6.45, 7) is 3.15. The number of hydrogen-bond acceptors (Lipinski definition) is 6. The van der Waals surface area contributed by atoms with Gasteiger partial charge in [0.25, 0.3) is 0 Å². The zero-order valence-corrected chi connectivity index (χ0v) is 14.9. The molecule has 1 atom stereocenters. The largest absolute Gasteiger partial charge is 0.444 e. The van der Waals surface area contributed by atoms with Crippen LogP contribution >= 0.6 is 35.1 Å². The average Bonchev–Trinajstić information content (AvgIpc) is 3.19. The summed E-state index contributed by atoms with van der Waals surface area (Å²) in [5.41, 5.74) is 1.75. The van der Waals surface area contributed by atoms with Crippen LogP contribution in [0, 0.1) is 5.92 Å². The third-order valence-corrected chi connectivity index (χ3v) is 6.26. The van der Waals surface area contributed by atoms with Crippen LogP contribution in [0.1, 0.15) is 12.8 Å². The van der Waals surface area contributed by atoms with Gasteiger partial charge in [-0.05, 0) is 43.3 Å². The molecular weight excluding hydrogens is 354 g/mol. The molecule has 2 aromatic heterocycles. The molecule has 0 radical (unpaired) electrons. The molecule has 3 aliphatic heterocycles. The number of nitrogens with one attached hydrogen (secondary N) is 1. The Morgan fingerprint density at radius 3 is 2.83 bits per heavy atom. The average molecular weight is 372 g/mol. The first kappa shape index (κ1) is 16.7. The molecule has 0 unspecified atom stereocenters. The van der Waals surface area contributed by atoms with E-state index in [-0.39, 0.29) is 24.6 Å².